The molecule has 5 nitrogen and oxygen atoms in total. The van der Waals surface area contributed by atoms with Crippen molar-refractivity contribution >= 4 is 28.8 Å². The molecular formula is C20H18FN3O2S. The number of ketones is 1. The van der Waals surface area contributed by atoms with Gasteiger partial charge in [-0.15, -0.1) is 11.3 Å². The molecule has 3 heterocycles. The maximum Gasteiger partial charge on any atom is 0.226 e. The second kappa shape index (κ2) is 6.42. The van der Waals surface area contributed by atoms with Gasteiger partial charge in [-0.05, 0) is 45.0 Å². The number of anilines is 1. The molecule has 2 aromatic heterocycles. The average Bonchev–Trinajstić information content (AvgIpc) is 3.12. The minimum Gasteiger partial charge on any atom is -0.310 e. The van der Waals surface area contributed by atoms with Gasteiger partial charge in [0.25, 0.3) is 0 Å². The maximum atomic E-state index is 13.7. The summed E-state index contributed by atoms with van der Waals surface area (Å²) in [5.41, 5.74) is 2.50. The maximum absolute atomic E-state index is 13.7. The van der Waals surface area contributed by atoms with Gasteiger partial charge in [-0.1, -0.05) is 6.07 Å². The molecule has 0 spiro atoms. The van der Waals surface area contributed by atoms with Gasteiger partial charge in [0, 0.05) is 27.3 Å². The summed E-state index contributed by atoms with van der Waals surface area (Å²) in [6.07, 6.45) is 0.0792. The van der Waals surface area contributed by atoms with Crippen molar-refractivity contribution in [3.05, 3.63) is 62.7 Å². The average molecular weight is 383 g/mol. The Labute approximate surface area is 159 Å². The SMILES string of the molecule is Cc1cc(C(=O)C2CC(=O)Nc3c2c(C)nn3-c2cccc(F)c2)c(C)s1. The first-order chi connectivity index (χ1) is 12.8. The number of aryl methyl sites for hydroxylation is 3. The summed E-state index contributed by atoms with van der Waals surface area (Å²) in [6, 6.07) is 7.86. The van der Waals surface area contributed by atoms with E-state index < -0.39 is 11.7 Å². The van der Waals surface area contributed by atoms with Gasteiger partial charge in [-0.25, -0.2) is 9.07 Å². The summed E-state index contributed by atoms with van der Waals surface area (Å²) in [7, 11) is 0. The summed E-state index contributed by atoms with van der Waals surface area (Å²) >= 11 is 1.57. The van der Waals surface area contributed by atoms with E-state index in [1.807, 2.05) is 19.9 Å². The van der Waals surface area contributed by atoms with Gasteiger partial charge in [0.2, 0.25) is 5.91 Å². The molecule has 0 saturated heterocycles. The zero-order valence-corrected chi connectivity index (χ0v) is 16.0. The minimum atomic E-state index is -0.594. The van der Waals surface area contributed by atoms with Crippen LogP contribution in [-0.2, 0) is 4.79 Å². The van der Waals surface area contributed by atoms with Crippen molar-refractivity contribution in [1.29, 1.82) is 0 Å². The first kappa shape index (κ1) is 17.6. The largest absolute Gasteiger partial charge is 0.310 e. The third-order valence-electron chi connectivity index (χ3n) is 4.78. The Balaban J connectivity index is 1.84. The second-order valence-corrected chi connectivity index (χ2v) is 8.20. The van der Waals surface area contributed by atoms with Crippen molar-refractivity contribution in [2.24, 2.45) is 0 Å². The fourth-order valence-corrected chi connectivity index (χ4v) is 4.56. The summed E-state index contributed by atoms with van der Waals surface area (Å²) < 4.78 is 15.2. The van der Waals surface area contributed by atoms with Crippen molar-refractivity contribution in [2.75, 3.05) is 5.32 Å². The molecule has 1 amide bonds. The van der Waals surface area contributed by atoms with E-state index >= 15 is 0 Å². The lowest BCUT2D eigenvalue weighted by molar-refractivity contribution is -0.116. The van der Waals surface area contributed by atoms with Crippen LogP contribution in [0.3, 0.4) is 0 Å². The molecule has 0 bridgehead atoms. The minimum absolute atomic E-state index is 0.0742. The molecule has 138 valence electrons. The van der Waals surface area contributed by atoms with Crippen LogP contribution in [0.15, 0.2) is 30.3 Å². The molecule has 0 radical (unpaired) electrons. The number of benzene rings is 1. The quantitative estimate of drug-likeness (QED) is 0.686. The fourth-order valence-electron chi connectivity index (χ4n) is 3.63. The Morgan fingerprint density at radius 3 is 2.74 bits per heavy atom. The number of nitrogens with one attached hydrogen (secondary N) is 1. The van der Waals surface area contributed by atoms with Crippen LogP contribution in [0, 0.1) is 26.6 Å². The highest BCUT2D eigenvalue weighted by Gasteiger charge is 2.37. The van der Waals surface area contributed by atoms with Gasteiger partial charge in [0.05, 0.1) is 17.3 Å². The van der Waals surface area contributed by atoms with Crippen LogP contribution in [0.25, 0.3) is 5.69 Å². The number of hydrogen-bond acceptors (Lipinski definition) is 4. The molecule has 0 saturated carbocycles. The number of carbonyl (C=O) groups is 2. The van der Waals surface area contributed by atoms with Crippen molar-refractivity contribution in [1.82, 2.24) is 9.78 Å². The molecule has 1 N–H and O–H groups in total. The number of amides is 1. The lowest BCUT2D eigenvalue weighted by Gasteiger charge is -2.23. The highest BCUT2D eigenvalue weighted by molar-refractivity contribution is 7.12. The standard InChI is InChI=1S/C20H18FN3O2S/c1-10-7-15(12(3)27-10)19(26)16-9-17(25)22-20-18(16)11(2)23-24(20)14-6-4-5-13(21)8-14/h4-8,16H,9H2,1-3H3,(H,22,25). The van der Waals surface area contributed by atoms with Gasteiger partial charge >= 0.3 is 0 Å². The van der Waals surface area contributed by atoms with Gasteiger partial charge < -0.3 is 5.32 Å². The first-order valence-electron chi connectivity index (χ1n) is 8.61. The lowest BCUT2D eigenvalue weighted by Crippen LogP contribution is -2.28. The first-order valence-corrected chi connectivity index (χ1v) is 9.43. The van der Waals surface area contributed by atoms with Crippen LogP contribution in [0.2, 0.25) is 0 Å². The van der Waals surface area contributed by atoms with Crippen LogP contribution in [-0.4, -0.2) is 21.5 Å². The van der Waals surface area contributed by atoms with Gasteiger partial charge in [0.1, 0.15) is 11.6 Å². The molecule has 0 fully saturated rings. The number of hydrogen-bond donors (Lipinski definition) is 1. The van der Waals surface area contributed by atoms with E-state index in [0.29, 0.717) is 28.3 Å². The summed E-state index contributed by atoms with van der Waals surface area (Å²) in [5.74, 6) is -0.868. The predicted molar refractivity (Wildman–Crippen MR) is 102 cm³/mol. The number of nitrogens with zero attached hydrogens (tertiary/aromatic N) is 2. The second-order valence-electron chi connectivity index (χ2n) is 6.74. The smallest absolute Gasteiger partial charge is 0.226 e. The number of Topliss-reactive ketones (excluding diaryl/α,β-unsaturated/α-hetero) is 1. The monoisotopic (exact) mass is 383 g/mol. The van der Waals surface area contributed by atoms with E-state index in [2.05, 4.69) is 10.4 Å². The topological polar surface area (TPSA) is 64.0 Å². The van der Waals surface area contributed by atoms with Crippen molar-refractivity contribution in [2.45, 2.75) is 33.1 Å². The van der Waals surface area contributed by atoms with Crippen molar-refractivity contribution < 1.29 is 14.0 Å². The van der Waals surface area contributed by atoms with Gasteiger partial charge in [-0.3, -0.25) is 9.59 Å². The van der Waals surface area contributed by atoms with E-state index in [-0.39, 0.29) is 18.1 Å². The molecule has 1 unspecified atom stereocenters. The van der Waals surface area contributed by atoms with E-state index in [0.717, 1.165) is 9.75 Å². The molecule has 7 heteroatoms. The molecule has 1 aliphatic rings. The third-order valence-corrected chi connectivity index (χ3v) is 5.74. The van der Waals surface area contributed by atoms with Crippen molar-refractivity contribution in [3.8, 4) is 5.69 Å². The Bertz CT molecular complexity index is 1080. The van der Waals surface area contributed by atoms with Crippen molar-refractivity contribution in [3.63, 3.8) is 0 Å². The van der Waals surface area contributed by atoms with E-state index in [9.17, 15) is 14.0 Å². The van der Waals surface area contributed by atoms with Gasteiger partial charge in [0.15, 0.2) is 5.78 Å². The zero-order valence-electron chi connectivity index (χ0n) is 15.2. The van der Waals surface area contributed by atoms with Gasteiger partial charge in [-0.2, -0.15) is 5.10 Å². The highest BCUT2D eigenvalue weighted by Crippen LogP contribution is 2.39. The summed E-state index contributed by atoms with van der Waals surface area (Å²) in [5, 5.41) is 7.29. The number of thiophene rings is 1. The van der Waals surface area contributed by atoms with Crippen LogP contribution in [0.5, 0.6) is 0 Å². The molecule has 1 aliphatic heterocycles. The predicted octanol–water partition coefficient (Wildman–Crippen LogP) is 4.31. The molecular weight excluding hydrogens is 365 g/mol. The Morgan fingerprint density at radius 2 is 2.07 bits per heavy atom. The van der Waals surface area contributed by atoms with Crippen LogP contribution < -0.4 is 5.32 Å². The molecule has 1 atom stereocenters. The van der Waals surface area contributed by atoms with Crippen LogP contribution in [0.1, 0.15) is 43.7 Å². The zero-order chi connectivity index (χ0) is 19.3. The molecule has 3 aromatic rings. The number of rotatable bonds is 3. The van der Waals surface area contributed by atoms with E-state index in [4.69, 9.17) is 0 Å². The Kier molecular flexibility index (Phi) is 4.19. The molecule has 4 rings (SSSR count). The Hall–Kier alpha value is -2.80. The lowest BCUT2D eigenvalue weighted by atomic mass is 9.85. The molecule has 27 heavy (non-hydrogen) atoms. The number of fused-ring (bicyclic) bond motifs is 1. The summed E-state index contributed by atoms with van der Waals surface area (Å²) in [4.78, 5) is 27.6. The fraction of sp³-hybridized carbons (Fsp3) is 0.250. The Morgan fingerprint density at radius 1 is 1.30 bits per heavy atom. The molecule has 0 aliphatic carbocycles. The highest BCUT2D eigenvalue weighted by atomic mass is 32.1. The van der Waals surface area contributed by atoms with Crippen LogP contribution >= 0.6 is 11.3 Å². The summed E-state index contributed by atoms with van der Waals surface area (Å²) in [6.45, 7) is 5.68. The van der Waals surface area contributed by atoms with E-state index in [1.54, 1.807) is 30.4 Å². The normalized spacial score (nSPS) is 16.1. The van der Waals surface area contributed by atoms with E-state index in [1.165, 1.54) is 16.8 Å². The number of carbonyl (C=O) groups excluding carboxylic acids is 2. The number of halogens is 1. The third kappa shape index (κ3) is 2.98. The number of aromatic nitrogens is 2. The van der Waals surface area contributed by atoms with Crippen LogP contribution in [0.4, 0.5) is 10.2 Å². The molecule has 1 aromatic carbocycles.